The normalized spacial score (nSPS) is 45.7. The van der Waals surface area contributed by atoms with Gasteiger partial charge in [0, 0.05) is 0 Å². The summed E-state index contributed by atoms with van der Waals surface area (Å²) >= 11 is 0. The van der Waals surface area contributed by atoms with Crippen molar-refractivity contribution in [2.75, 3.05) is 0 Å². The highest BCUT2D eigenvalue weighted by Crippen LogP contribution is 2.66. The maximum absolute atomic E-state index is 10.5. The lowest BCUT2D eigenvalue weighted by Gasteiger charge is -2.56. The van der Waals surface area contributed by atoms with Gasteiger partial charge in [-0.2, -0.15) is 0 Å². The first-order chi connectivity index (χ1) is 14.1. The van der Waals surface area contributed by atoms with E-state index in [0.29, 0.717) is 22.7 Å². The van der Waals surface area contributed by atoms with Crippen LogP contribution >= 0.6 is 0 Å². The first-order valence-corrected chi connectivity index (χ1v) is 13.5. The van der Waals surface area contributed by atoms with Crippen molar-refractivity contribution in [3.05, 3.63) is 11.1 Å². The number of allylic oxidation sites excluding steroid dienone is 2. The SMILES string of the molecule is CC(C)[C@@H](C)CC[C@@H](C)[C@H]1CC[C@H]2C3=C(CC[C@]12C)[C@@]1(C)CC[C@H](O)[C@@H](C)[C@@H]1CC3. The molecule has 4 aliphatic carbocycles. The van der Waals surface area contributed by atoms with Gasteiger partial charge in [0.25, 0.3) is 0 Å². The average Bonchev–Trinajstić information content (AvgIpc) is 3.06. The fourth-order valence-corrected chi connectivity index (χ4v) is 8.94. The molecule has 9 atom stereocenters. The van der Waals surface area contributed by atoms with Crippen molar-refractivity contribution in [1.29, 1.82) is 0 Å². The molecule has 0 spiro atoms. The third kappa shape index (κ3) is 3.54. The predicted molar refractivity (Wildman–Crippen MR) is 128 cm³/mol. The van der Waals surface area contributed by atoms with E-state index in [1.807, 2.05) is 11.1 Å². The first-order valence-electron chi connectivity index (χ1n) is 13.5. The molecular formula is C29H50O. The number of hydrogen-bond acceptors (Lipinski definition) is 1. The molecule has 4 aliphatic rings. The Morgan fingerprint density at radius 2 is 1.67 bits per heavy atom. The van der Waals surface area contributed by atoms with Gasteiger partial charge < -0.3 is 5.11 Å². The molecule has 0 bridgehead atoms. The topological polar surface area (TPSA) is 20.2 Å². The summed E-state index contributed by atoms with van der Waals surface area (Å²) in [6.45, 7) is 17.4. The zero-order valence-corrected chi connectivity index (χ0v) is 21.1. The Bertz CT molecular complexity index is 661. The molecule has 2 saturated carbocycles. The second kappa shape index (κ2) is 8.24. The van der Waals surface area contributed by atoms with Gasteiger partial charge in [0.1, 0.15) is 0 Å². The van der Waals surface area contributed by atoms with Crippen molar-refractivity contribution in [3.63, 3.8) is 0 Å². The lowest BCUT2D eigenvalue weighted by molar-refractivity contribution is -0.0336. The van der Waals surface area contributed by atoms with Gasteiger partial charge in [-0.05, 0) is 104 Å². The van der Waals surface area contributed by atoms with Gasteiger partial charge in [-0.3, -0.25) is 0 Å². The number of hydrogen-bond donors (Lipinski definition) is 1. The number of fused-ring (bicyclic) bond motifs is 4. The quantitative estimate of drug-likeness (QED) is 0.451. The molecule has 0 saturated heterocycles. The Morgan fingerprint density at radius 1 is 0.933 bits per heavy atom. The third-order valence-corrected chi connectivity index (χ3v) is 11.5. The molecular weight excluding hydrogens is 364 g/mol. The highest BCUT2D eigenvalue weighted by molar-refractivity contribution is 5.34. The van der Waals surface area contributed by atoms with E-state index in [4.69, 9.17) is 0 Å². The highest BCUT2D eigenvalue weighted by Gasteiger charge is 2.56. The van der Waals surface area contributed by atoms with Crippen molar-refractivity contribution in [2.45, 2.75) is 119 Å². The molecule has 0 aromatic heterocycles. The standard InChI is InChI=1S/C29H50O/c1-18(2)19(3)8-9-20(4)23-12-13-25-22-10-11-24-21(5)27(30)15-17-29(24,7)26(22)14-16-28(23,25)6/h18-21,23-25,27,30H,8-17H2,1-7H3/t19-,20+,21-,23+,24-,25-,27-,28+,29-/m0/s1. The zero-order chi connectivity index (χ0) is 21.8. The van der Waals surface area contributed by atoms with Gasteiger partial charge in [0.2, 0.25) is 0 Å². The van der Waals surface area contributed by atoms with Crippen LogP contribution in [0.25, 0.3) is 0 Å². The van der Waals surface area contributed by atoms with Gasteiger partial charge in [-0.25, -0.2) is 0 Å². The Hall–Kier alpha value is -0.300. The van der Waals surface area contributed by atoms with Crippen molar-refractivity contribution in [3.8, 4) is 0 Å². The molecule has 0 unspecified atom stereocenters. The van der Waals surface area contributed by atoms with Crippen molar-refractivity contribution < 1.29 is 5.11 Å². The van der Waals surface area contributed by atoms with Crippen LogP contribution in [0, 0.1) is 52.3 Å². The van der Waals surface area contributed by atoms with Crippen LogP contribution < -0.4 is 0 Å². The molecule has 1 nitrogen and oxygen atoms in total. The third-order valence-electron chi connectivity index (χ3n) is 11.5. The van der Waals surface area contributed by atoms with Crippen LogP contribution in [0.2, 0.25) is 0 Å². The maximum atomic E-state index is 10.5. The molecule has 1 N–H and O–H groups in total. The summed E-state index contributed by atoms with van der Waals surface area (Å²) in [5, 5.41) is 10.5. The van der Waals surface area contributed by atoms with Crippen LogP contribution in [0.1, 0.15) is 113 Å². The molecule has 0 aromatic rings. The lowest BCUT2D eigenvalue weighted by atomic mass is 9.49. The summed E-state index contributed by atoms with van der Waals surface area (Å²) in [4.78, 5) is 0. The van der Waals surface area contributed by atoms with Crippen LogP contribution in [0.4, 0.5) is 0 Å². The molecule has 30 heavy (non-hydrogen) atoms. The average molecular weight is 415 g/mol. The van der Waals surface area contributed by atoms with E-state index in [-0.39, 0.29) is 6.10 Å². The summed E-state index contributed by atoms with van der Waals surface area (Å²) in [5.41, 5.74) is 4.71. The van der Waals surface area contributed by atoms with E-state index in [2.05, 4.69) is 48.5 Å². The van der Waals surface area contributed by atoms with Gasteiger partial charge in [-0.1, -0.05) is 72.5 Å². The van der Waals surface area contributed by atoms with Crippen LogP contribution in [0.5, 0.6) is 0 Å². The van der Waals surface area contributed by atoms with Gasteiger partial charge >= 0.3 is 0 Å². The predicted octanol–water partition coefficient (Wildman–Crippen LogP) is 8.02. The van der Waals surface area contributed by atoms with E-state index >= 15 is 0 Å². The Balaban J connectivity index is 1.54. The van der Waals surface area contributed by atoms with Gasteiger partial charge in [0.05, 0.1) is 6.10 Å². The van der Waals surface area contributed by atoms with Crippen molar-refractivity contribution in [1.82, 2.24) is 0 Å². The Labute approximate surface area is 187 Å². The summed E-state index contributed by atoms with van der Waals surface area (Å²) in [6.07, 6.45) is 13.3. The summed E-state index contributed by atoms with van der Waals surface area (Å²) < 4.78 is 0. The van der Waals surface area contributed by atoms with Crippen LogP contribution in [0.15, 0.2) is 11.1 Å². The minimum atomic E-state index is -0.0657. The lowest BCUT2D eigenvalue weighted by Crippen LogP contribution is -2.49. The molecule has 2 fully saturated rings. The first kappa shape index (κ1) is 22.9. The molecule has 1 heteroatoms. The fourth-order valence-electron chi connectivity index (χ4n) is 8.94. The second-order valence-electron chi connectivity index (χ2n) is 13.0. The van der Waals surface area contributed by atoms with Gasteiger partial charge in [-0.15, -0.1) is 0 Å². The molecule has 172 valence electrons. The van der Waals surface area contributed by atoms with Gasteiger partial charge in [0.15, 0.2) is 0 Å². The van der Waals surface area contributed by atoms with E-state index in [0.717, 1.165) is 36.0 Å². The van der Waals surface area contributed by atoms with Crippen LogP contribution in [-0.4, -0.2) is 11.2 Å². The minimum Gasteiger partial charge on any atom is -0.393 e. The smallest absolute Gasteiger partial charge is 0.0569 e. The molecule has 0 heterocycles. The number of rotatable bonds is 5. The summed E-state index contributed by atoms with van der Waals surface area (Å²) in [5.74, 6) is 5.52. The molecule has 0 radical (unpaired) electrons. The van der Waals surface area contributed by atoms with E-state index < -0.39 is 0 Å². The summed E-state index contributed by atoms with van der Waals surface area (Å²) in [6, 6.07) is 0. The van der Waals surface area contributed by atoms with Crippen molar-refractivity contribution >= 4 is 0 Å². The fraction of sp³-hybridized carbons (Fsp3) is 0.931. The molecule has 0 amide bonds. The minimum absolute atomic E-state index is 0.0657. The largest absolute Gasteiger partial charge is 0.393 e. The second-order valence-corrected chi connectivity index (χ2v) is 13.0. The molecule has 0 aliphatic heterocycles. The Morgan fingerprint density at radius 3 is 2.37 bits per heavy atom. The number of aliphatic hydroxyl groups excluding tert-OH is 1. The van der Waals surface area contributed by atoms with Crippen LogP contribution in [0.3, 0.4) is 0 Å². The maximum Gasteiger partial charge on any atom is 0.0569 e. The zero-order valence-electron chi connectivity index (χ0n) is 21.1. The van der Waals surface area contributed by atoms with E-state index in [1.54, 1.807) is 0 Å². The monoisotopic (exact) mass is 414 g/mol. The van der Waals surface area contributed by atoms with Crippen LogP contribution in [-0.2, 0) is 0 Å². The Kier molecular flexibility index (Phi) is 6.28. The van der Waals surface area contributed by atoms with E-state index in [9.17, 15) is 5.11 Å². The highest BCUT2D eigenvalue weighted by atomic mass is 16.3. The van der Waals surface area contributed by atoms with E-state index in [1.165, 1.54) is 57.8 Å². The number of aliphatic hydroxyl groups is 1. The molecule has 4 rings (SSSR count). The van der Waals surface area contributed by atoms with Crippen molar-refractivity contribution in [2.24, 2.45) is 52.3 Å². The summed E-state index contributed by atoms with van der Waals surface area (Å²) in [7, 11) is 0. The molecule has 0 aromatic carbocycles.